The smallest absolute Gasteiger partial charge is 0.230 e. The fourth-order valence-electron chi connectivity index (χ4n) is 5.74. The highest BCUT2D eigenvalue weighted by atomic mass is 35.5. The van der Waals surface area contributed by atoms with Gasteiger partial charge in [-0.05, 0) is 81.4 Å². The number of hydrogen-bond donors (Lipinski definition) is 1. The van der Waals surface area contributed by atoms with E-state index in [1.807, 2.05) is 19.9 Å². The van der Waals surface area contributed by atoms with E-state index in [2.05, 4.69) is 11.4 Å². The number of anilines is 1. The molecule has 23 heavy (non-hydrogen) atoms. The maximum Gasteiger partial charge on any atom is 0.230 e. The highest BCUT2D eigenvalue weighted by Crippen LogP contribution is 2.64. The summed E-state index contributed by atoms with van der Waals surface area (Å²) in [5, 5.41) is 3.78. The summed E-state index contributed by atoms with van der Waals surface area (Å²) in [5.74, 6) is 1.37. The van der Waals surface area contributed by atoms with Crippen molar-refractivity contribution in [3.63, 3.8) is 0 Å². The Morgan fingerprint density at radius 3 is 2.39 bits per heavy atom. The van der Waals surface area contributed by atoms with E-state index in [1.165, 1.54) is 6.42 Å². The first-order chi connectivity index (χ1) is 10.8. The maximum atomic E-state index is 13.2. The summed E-state index contributed by atoms with van der Waals surface area (Å²) < 4.78 is 0. The third-order valence-electron chi connectivity index (χ3n) is 6.14. The van der Waals surface area contributed by atoms with Crippen molar-refractivity contribution < 1.29 is 4.79 Å². The number of amides is 1. The molecule has 1 aromatic carbocycles. The highest BCUT2D eigenvalue weighted by Gasteiger charge is 2.60. The van der Waals surface area contributed by atoms with Gasteiger partial charge in [-0.1, -0.05) is 17.7 Å². The second-order valence-corrected chi connectivity index (χ2v) is 9.49. The lowest BCUT2D eigenvalue weighted by molar-refractivity contribution is -0.138. The third kappa shape index (κ3) is 2.59. The molecule has 5 rings (SSSR count). The number of carbonyl (C=O) groups excluding carboxylic acids is 1. The van der Waals surface area contributed by atoms with Crippen molar-refractivity contribution in [3.8, 4) is 0 Å². The summed E-state index contributed by atoms with van der Waals surface area (Å²) >= 11 is 13.2. The van der Waals surface area contributed by atoms with Crippen LogP contribution < -0.4 is 5.32 Å². The van der Waals surface area contributed by atoms with Crippen molar-refractivity contribution in [2.24, 2.45) is 17.3 Å². The van der Waals surface area contributed by atoms with Crippen molar-refractivity contribution in [1.29, 1.82) is 0 Å². The average molecular weight is 352 g/mol. The van der Waals surface area contributed by atoms with Gasteiger partial charge in [0.25, 0.3) is 0 Å². The van der Waals surface area contributed by atoms with Crippen molar-refractivity contribution >= 4 is 34.8 Å². The summed E-state index contributed by atoms with van der Waals surface area (Å²) in [4.78, 5) is 13.0. The minimum atomic E-state index is -0.285. The van der Waals surface area contributed by atoms with Crippen LogP contribution in [-0.4, -0.2) is 10.8 Å². The molecule has 1 amide bonds. The lowest BCUT2D eigenvalue weighted by Gasteiger charge is -2.59. The molecular weight excluding hydrogens is 329 g/mol. The van der Waals surface area contributed by atoms with E-state index in [0.717, 1.165) is 48.9 Å². The molecule has 1 aromatic rings. The molecular formula is C19H23Cl2NO. The second-order valence-electron chi connectivity index (χ2n) is 8.29. The number of halogens is 2. The van der Waals surface area contributed by atoms with Crippen LogP contribution in [0.3, 0.4) is 0 Å². The topological polar surface area (TPSA) is 29.1 Å². The van der Waals surface area contributed by atoms with Crippen molar-refractivity contribution in [2.75, 3.05) is 5.32 Å². The molecule has 4 aliphatic carbocycles. The molecule has 0 radical (unpaired) electrons. The van der Waals surface area contributed by atoms with Gasteiger partial charge in [0.15, 0.2) is 0 Å². The van der Waals surface area contributed by atoms with Gasteiger partial charge in [0.1, 0.15) is 0 Å². The summed E-state index contributed by atoms with van der Waals surface area (Å²) in [6, 6.07) is 3.97. The zero-order valence-corrected chi connectivity index (χ0v) is 15.2. The van der Waals surface area contributed by atoms with Crippen LogP contribution in [0.2, 0.25) is 5.02 Å². The number of rotatable bonds is 2. The van der Waals surface area contributed by atoms with Crippen molar-refractivity contribution in [2.45, 2.75) is 57.2 Å². The van der Waals surface area contributed by atoms with E-state index < -0.39 is 0 Å². The van der Waals surface area contributed by atoms with Crippen LogP contribution in [0.5, 0.6) is 0 Å². The van der Waals surface area contributed by atoms with Gasteiger partial charge >= 0.3 is 0 Å². The molecule has 0 unspecified atom stereocenters. The Hall–Kier alpha value is -0.730. The van der Waals surface area contributed by atoms with Crippen LogP contribution in [0, 0.1) is 31.1 Å². The van der Waals surface area contributed by atoms with E-state index in [0.29, 0.717) is 16.9 Å². The second kappa shape index (κ2) is 5.13. The quantitative estimate of drug-likeness (QED) is 0.702. The van der Waals surface area contributed by atoms with Crippen molar-refractivity contribution in [3.05, 3.63) is 28.3 Å². The minimum absolute atomic E-state index is 0.130. The van der Waals surface area contributed by atoms with Crippen LogP contribution in [0.25, 0.3) is 0 Å². The first kappa shape index (κ1) is 15.8. The first-order valence-corrected chi connectivity index (χ1v) is 9.31. The molecule has 0 saturated heterocycles. The van der Waals surface area contributed by atoms with E-state index in [4.69, 9.17) is 23.2 Å². The van der Waals surface area contributed by atoms with Gasteiger partial charge in [0, 0.05) is 4.87 Å². The molecule has 2 atom stereocenters. The average Bonchev–Trinajstić information content (AvgIpc) is 2.39. The summed E-state index contributed by atoms with van der Waals surface area (Å²) in [6.45, 7) is 4.01. The Kier molecular flexibility index (Phi) is 3.52. The summed E-state index contributed by atoms with van der Waals surface area (Å²) in [6.07, 6.45) is 6.24. The summed E-state index contributed by atoms with van der Waals surface area (Å²) in [5.41, 5.74) is 2.61. The van der Waals surface area contributed by atoms with Crippen LogP contribution >= 0.6 is 23.2 Å². The zero-order chi connectivity index (χ0) is 16.4. The number of alkyl halides is 1. The normalized spacial score (nSPS) is 37.9. The molecule has 1 N–H and O–H groups in total. The molecule has 4 heteroatoms. The minimum Gasteiger partial charge on any atom is -0.324 e. The molecule has 0 spiro atoms. The first-order valence-electron chi connectivity index (χ1n) is 8.56. The Balaban J connectivity index is 1.63. The van der Waals surface area contributed by atoms with Gasteiger partial charge in [-0.15, -0.1) is 11.6 Å². The summed E-state index contributed by atoms with van der Waals surface area (Å²) in [7, 11) is 0. The van der Waals surface area contributed by atoms with Gasteiger partial charge in [0.2, 0.25) is 5.91 Å². The highest BCUT2D eigenvalue weighted by molar-refractivity contribution is 6.34. The van der Waals surface area contributed by atoms with Crippen LogP contribution in [0.1, 0.15) is 49.7 Å². The lowest BCUT2D eigenvalue weighted by Crippen LogP contribution is -2.57. The molecule has 4 bridgehead atoms. The van der Waals surface area contributed by atoms with Gasteiger partial charge in [-0.25, -0.2) is 0 Å². The fraction of sp³-hybridized carbons (Fsp3) is 0.632. The Labute approximate surface area is 147 Å². The monoisotopic (exact) mass is 351 g/mol. The van der Waals surface area contributed by atoms with Gasteiger partial charge < -0.3 is 5.32 Å². The molecule has 2 nitrogen and oxygen atoms in total. The predicted octanol–water partition coefficient (Wildman–Crippen LogP) is 5.47. The van der Waals surface area contributed by atoms with Crippen LogP contribution in [-0.2, 0) is 4.79 Å². The number of nitrogens with one attached hydrogen (secondary N) is 1. The molecule has 4 fully saturated rings. The standard InChI is InChI=1S/C19H23Cl2NO/c1-11-3-12(2)16(15(20)4-11)22-17(23)18-6-13-5-14(7-18)9-19(21,8-13)10-18/h3-4,13-14H,5-10H2,1-2H3,(H,22,23)/t13-,14-,18?,19?/m1/s1. The third-order valence-corrected chi connectivity index (χ3v) is 6.88. The van der Waals surface area contributed by atoms with Gasteiger partial charge in [-0.3, -0.25) is 4.79 Å². The fourth-order valence-corrected chi connectivity index (χ4v) is 6.80. The number of hydrogen-bond acceptors (Lipinski definition) is 1. The van der Waals surface area contributed by atoms with E-state index in [-0.39, 0.29) is 16.2 Å². The Morgan fingerprint density at radius 2 is 1.83 bits per heavy atom. The Morgan fingerprint density at radius 1 is 1.17 bits per heavy atom. The van der Waals surface area contributed by atoms with Gasteiger partial charge in [0.05, 0.1) is 16.1 Å². The predicted molar refractivity (Wildman–Crippen MR) is 95.3 cm³/mol. The van der Waals surface area contributed by atoms with Crippen LogP contribution in [0.4, 0.5) is 5.69 Å². The number of benzene rings is 1. The molecule has 4 aliphatic rings. The van der Waals surface area contributed by atoms with E-state index >= 15 is 0 Å². The molecule has 0 heterocycles. The number of aryl methyl sites for hydroxylation is 2. The van der Waals surface area contributed by atoms with Gasteiger partial charge in [-0.2, -0.15) is 0 Å². The van der Waals surface area contributed by atoms with Crippen molar-refractivity contribution in [1.82, 2.24) is 0 Å². The SMILES string of the molecule is Cc1cc(C)c(NC(=O)C23C[C@H]4C[C@@H](CC(Cl)(C4)C2)C3)c(Cl)c1. The number of carbonyl (C=O) groups is 1. The molecule has 0 aliphatic heterocycles. The maximum absolute atomic E-state index is 13.2. The largest absolute Gasteiger partial charge is 0.324 e. The van der Waals surface area contributed by atoms with E-state index in [1.54, 1.807) is 0 Å². The zero-order valence-electron chi connectivity index (χ0n) is 13.7. The van der Waals surface area contributed by atoms with Crippen LogP contribution in [0.15, 0.2) is 12.1 Å². The molecule has 0 aromatic heterocycles. The molecule has 124 valence electrons. The lowest BCUT2D eigenvalue weighted by atomic mass is 9.49. The Bertz CT molecular complexity index is 647. The van der Waals surface area contributed by atoms with E-state index in [9.17, 15) is 4.79 Å². The molecule has 4 saturated carbocycles.